The van der Waals surface area contributed by atoms with E-state index in [1.165, 1.54) is 22.3 Å². The Bertz CT molecular complexity index is 1160. The molecule has 0 fully saturated rings. The van der Waals surface area contributed by atoms with Gasteiger partial charge >= 0.3 is 0 Å². The van der Waals surface area contributed by atoms with E-state index in [-0.39, 0.29) is 6.04 Å². The molecule has 6 nitrogen and oxygen atoms in total. The molecule has 3 heterocycles. The lowest BCUT2D eigenvalue weighted by Gasteiger charge is -2.45. The molecule has 0 radical (unpaired) electrons. The lowest BCUT2D eigenvalue weighted by atomic mass is 9.77. The standard InChI is InChI=1S/C32H44N2O4/c1-6-21-10-11-28-26-18-32(38-9-4)31(37-8-3)16-24(26)23(20-34(28)19-21)14-27-25-17-29(35-5)30(36-7-2)15-22(25)12-13-33-27/h10,15-18,23,27-28,33H,6-9,11-14,19-20H2,1-5H3. The monoisotopic (exact) mass is 520 g/mol. The smallest absolute Gasteiger partial charge is 0.161 e. The molecule has 3 atom stereocenters. The molecule has 0 aromatic heterocycles. The van der Waals surface area contributed by atoms with Gasteiger partial charge in [-0.25, -0.2) is 0 Å². The fourth-order valence-electron chi connectivity index (χ4n) is 6.56. The number of fused-ring (bicyclic) bond motifs is 4. The summed E-state index contributed by atoms with van der Waals surface area (Å²) in [5.74, 6) is 3.78. The second-order valence-corrected chi connectivity index (χ2v) is 10.5. The van der Waals surface area contributed by atoms with Gasteiger partial charge in [-0.15, -0.1) is 0 Å². The Labute approximate surface area is 228 Å². The summed E-state index contributed by atoms with van der Waals surface area (Å²) < 4.78 is 23.8. The van der Waals surface area contributed by atoms with Crippen LogP contribution in [0.4, 0.5) is 0 Å². The van der Waals surface area contributed by atoms with Crippen molar-refractivity contribution in [2.24, 2.45) is 0 Å². The van der Waals surface area contributed by atoms with Crippen LogP contribution < -0.4 is 24.3 Å². The zero-order chi connectivity index (χ0) is 26.6. The highest BCUT2D eigenvalue weighted by atomic mass is 16.5. The van der Waals surface area contributed by atoms with E-state index in [9.17, 15) is 0 Å². The number of hydrogen-bond donors (Lipinski definition) is 1. The fraction of sp³-hybridized carbons (Fsp3) is 0.562. The molecule has 0 saturated heterocycles. The topological polar surface area (TPSA) is 52.2 Å². The summed E-state index contributed by atoms with van der Waals surface area (Å²) in [6.45, 7) is 13.3. The van der Waals surface area contributed by atoms with Gasteiger partial charge < -0.3 is 24.3 Å². The van der Waals surface area contributed by atoms with E-state index < -0.39 is 0 Å². The molecule has 0 aliphatic carbocycles. The number of methoxy groups -OCH3 is 1. The van der Waals surface area contributed by atoms with Crippen molar-refractivity contribution in [1.82, 2.24) is 10.2 Å². The predicted molar refractivity (Wildman–Crippen MR) is 152 cm³/mol. The van der Waals surface area contributed by atoms with Gasteiger partial charge in [-0.2, -0.15) is 0 Å². The van der Waals surface area contributed by atoms with Crippen LogP contribution >= 0.6 is 0 Å². The molecule has 206 valence electrons. The van der Waals surface area contributed by atoms with Gasteiger partial charge in [0.15, 0.2) is 23.0 Å². The summed E-state index contributed by atoms with van der Waals surface area (Å²) in [4.78, 5) is 2.70. The first-order valence-electron chi connectivity index (χ1n) is 14.5. The van der Waals surface area contributed by atoms with Crippen molar-refractivity contribution in [2.45, 2.75) is 71.4 Å². The Morgan fingerprint density at radius 1 is 0.842 bits per heavy atom. The largest absolute Gasteiger partial charge is 0.493 e. The number of hydrogen-bond acceptors (Lipinski definition) is 6. The minimum Gasteiger partial charge on any atom is -0.493 e. The molecule has 5 rings (SSSR count). The Morgan fingerprint density at radius 2 is 1.50 bits per heavy atom. The number of benzene rings is 2. The lowest BCUT2D eigenvalue weighted by molar-refractivity contribution is 0.162. The summed E-state index contributed by atoms with van der Waals surface area (Å²) in [5, 5.41) is 3.84. The molecule has 0 saturated carbocycles. The van der Waals surface area contributed by atoms with Crippen LogP contribution in [-0.2, 0) is 6.42 Å². The van der Waals surface area contributed by atoms with Crippen molar-refractivity contribution >= 4 is 0 Å². The van der Waals surface area contributed by atoms with Gasteiger partial charge in [0.1, 0.15) is 0 Å². The summed E-state index contributed by atoms with van der Waals surface area (Å²) in [6, 6.07) is 9.61. The molecule has 2 aromatic rings. The third kappa shape index (κ3) is 5.26. The summed E-state index contributed by atoms with van der Waals surface area (Å²) in [5.41, 5.74) is 7.07. The molecule has 3 unspecified atom stereocenters. The van der Waals surface area contributed by atoms with Crippen LogP contribution in [0.5, 0.6) is 23.0 Å². The number of rotatable bonds is 10. The normalized spacial score (nSPS) is 22.6. The van der Waals surface area contributed by atoms with Gasteiger partial charge in [-0.05, 0) is 105 Å². The van der Waals surface area contributed by atoms with E-state index >= 15 is 0 Å². The number of ether oxygens (including phenoxy) is 4. The van der Waals surface area contributed by atoms with Gasteiger partial charge in [-0.3, -0.25) is 4.90 Å². The molecule has 6 heteroatoms. The number of nitrogens with zero attached hydrogens (tertiary/aromatic N) is 1. The molecule has 0 amide bonds. The molecule has 0 spiro atoms. The van der Waals surface area contributed by atoms with Crippen LogP contribution in [0, 0.1) is 0 Å². The van der Waals surface area contributed by atoms with Crippen LogP contribution in [0.3, 0.4) is 0 Å². The highest BCUT2D eigenvalue weighted by Gasteiger charge is 2.37. The molecule has 3 aliphatic heterocycles. The molecule has 1 N–H and O–H groups in total. The molecule has 0 bridgehead atoms. The van der Waals surface area contributed by atoms with Gasteiger partial charge in [0.05, 0.1) is 26.9 Å². The van der Waals surface area contributed by atoms with Crippen molar-refractivity contribution in [3.8, 4) is 23.0 Å². The van der Waals surface area contributed by atoms with Crippen molar-refractivity contribution in [3.05, 3.63) is 58.2 Å². The zero-order valence-corrected chi connectivity index (χ0v) is 23.8. The van der Waals surface area contributed by atoms with Crippen LogP contribution in [0.15, 0.2) is 35.9 Å². The number of nitrogens with one attached hydrogen (secondary N) is 1. The highest BCUT2D eigenvalue weighted by Crippen LogP contribution is 2.48. The van der Waals surface area contributed by atoms with Crippen molar-refractivity contribution in [3.63, 3.8) is 0 Å². The minimum atomic E-state index is 0.255. The van der Waals surface area contributed by atoms with Crippen LogP contribution in [0.25, 0.3) is 0 Å². The Kier molecular flexibility index (Phi) is 8.49. The van der Waals surface area contributed by atoms with E-state index in [2.05, 4.69) is 47.5 Å². The van der Waals surface area contributed by atoms with Gasteiger partial charge in [0, 0.05) is 25.2 Å². The Balaban J connectivity index is 1.53. The Morgan fingerprint density at radius 3 is 2.16 bits per heavy atom. The molecular formula is C32H44N2O4. The SMILES string of the molecule is CCOc1cc2c(cc1OC)C(CC1CN3CC(CC)=CCC3c3cc(OCC)c(OCC)cc31)NCC2. The van der Waals surface area contributed by atoms with E-state index in [1.54, 1.807) is 12.7 Å². The quantitative estimate of drug-likeness (QED) is 0.369. The van der Waals surface area contributed by atoms with E-state index in [0.29, 0.717) is 31.8 Å². The van der Waals surface area contributed by atoms with Crippen molar-refractivity contribution in [1.29, 1.82) is 0 Å². The second kappa shape index (κ2) is 12.0. The summed E-state index contributed by atoms with van der Waals surface area (Å²) >= 11 is 0. The minimum absolute atomic E-state index is 0.255. The first-order chi connectivity index (χ1) is 18.6. The predicted octanol–water partition coefficient (Wildman–Crippen LogP) is 6.35. The fourth-order valence-corrected chi connectivity index (χ4v) is 6.56. The average molecular weight is 521 g/mol. The Hall–Kier alpha value is -2.70. The van der Waals surface area contributed by atoms with Gasteiger partial charge in [0.2, 0.25) is 0 Å². The second-order valence-electron chi connectivity index (χ2n) is 10.5. The van der Waals surface area contributed by atoms with Gasteiger partial charge in [0.25, 0.3) is 0 Å². The maximum Gasteiger partial charge on any atom is 0.161 e. The van der Waals surface area contributed by atoms with Crippen LogP contribution in [-0.4, -0.2) is 51.5 Å². The summed E-state index contributed by atoms with van der Waals surface area (Å²) in [7, 11) is 1.73. The van der Waals surface area contributed by atoms with E-state index in [0.717, 1.165) is 68.3 Å². The zero-order valence-electron chi connectivity index (χ0n) is 23.8. The first-order valence-corrected chi connectivity index (χ1v) is 14.5. The molecule has 3 aliphatic rings. The third-order valence-electron chi connectivity index (χ3n) is 8.34. The van der Waals surface area contributed by atoms with Crippen LogP contribution in [0.2, 0.25) is 0 Å². The summed E-state index contributed by atoms with van der Waals surface area (Å²) in [6.07, 6.45) is 6.66. The first kappa shape index (κ1) is 26.9. The highest BCUT2D eigenvalue weighted by molar-refractivity contribution is 5.53. The van der Waals surface area contributed by atoms with Gasteiger partial charge in [-0.1, -0.05) is 18.6 Å². The van der Waals surface area contributed by atoms with E-state index in [1.807, 2.05) is 20.8 Å². The lowest BCUT2D eigenvalue weighted by Crippen LogP contribution is -2.42. The molecular weight excluding hydrogens is 476 g/mol. The molecule has 2 aromatic carbocycles. The van der Waals surface area contributed by atoms with Crippen molar-refractivity contribution < 1.29 is 18.9 Å². The molecule has 38 heavy (non-hydrogen) atoms. The maximum atomic E-state index is 6.09. The van der Waals surface area contributed by atoms with Crippen molar-refractivity contribution in [2.75, 3.05) is 46.6 Å². The third-order valence-corrected chi connectivity index (χ3v) is 8.34. The maximum absolute atomic E-state index is 6.09. The van der Waals surface area contributed by atoms with Crippen LogP contribution in [0.1, 0.15) is 87.2 Å². The average Bonchev–Trinajstić information content (AvgIpc) is 2.93. The van der Waals surface area contributed by atoms with E-state index in [4.69, 9.17) is 18.9 Å².